The maximum atomic E-state index is 12.1. The summed E-state index contributed by atoms with van der Waals surface area (Å²) in [5.74, 6) is 0. The van der Waals surface area contributed by atoms with E-state index in [1.807, 2.05) is 81.1 Å². The van der Waals surface area contributed by atoms with Crippen LogP contribution in [0.3, 0.4) is 0 Å². The number of amides is 1. The van der Waals surface area contributed by atoms with Gasteiger partial charge in [-0.25, -0.2) is 26.2 Å². The summed E-state index contributed by atoms with van der Waals surface area (Å²) in [7, 11) is -13.4. The van der Waals surface area contributed by atoms with Crippen molar-refractivity contribution in [1.29, 1.82) is 0 Å². The van der Waals surface area contributed by atoms with E-state index < -0.39 is 42.7 Å². The van der Waals surface area contributed by atoms with Crippen molar-refractivity contribution >= 4 is 31.7 Å². The summed E-state index contributed by atoms with van der Waals surface area (Å²) in [6.07, 6.45) is 3.53. The fourth-order valence-corrected chi connectivity index (χ4v) is 4.38. The highest BCUT2D eigenvalue weighted by Gasteiger charge is 2.46. The highest BCUT2D eigenvalue weighted by Crippen LogP contribution is 2.36. The van der Waals surface area contributed by atoms with E-state index in [9.17, 15) is 48.0 Å². The second-order valence-electron chi connectivity index (χ2n) is 8.78. The zero-order valence-electron chi connectivity index (χ0n) is 21.7. The standard InChI is InChI=1S/C21H26N2O2.C2F6NO4S2/c1-16(2)18-7-6-8-19(15-18)21(4,5)22-20(24)25-14-13-23-11-9-17(3)10-12-23;3-1(4,5)14(10,11)9-15(12,13)2(6,7)8/h6-12,15H,1,13-14H2,2-5H3;/q;-1/p+1. The lowest BCUT2D eigenvalue weighted by molar-refractivity contribution is -0.697. The summed E-state index contributed by atoms with van der Waals surface area (Å²) >= 11 is 0. The van der Waals surface area contributed by atoms with Crippen molar-refractivity contribution in [2.75, 3.05) is 6.61 Å². The van der Waals surface area contributed by atoms with Gasteiger partial charge in [0.1, 0.15) is 0 Å². The molecular formula is C23H27F6N3O6S2. The first kappa shape index (κ1) is 34.8. The van der Waals surface area contributed by atoms with E-state index in [1.54, 1.807) is 0 Å². The van der Waals surface area contributed by atoms with Gasteiger partial charge in [-0.1, -0.05) is 30.4 Å². The minimum atomic E-state index is -6.72. The molecule has 0 aliphatic heterocycles. The quantitative estimate of drug-likeness (QED) is 0.326. The number of allylic oxidation sites excluding steroid dienone is 1. The van der Waals surface area contributed by atoms with Crippen LogP contribution in [0.5, 0.6) is 0 Å². The van der Waals surface area contributed by atoms with Gasteiger partial charge in [0, 0.05) is 12.1 Å². The second kappa shape index (κ2) is 13.0. The van der Waals surface area contributed by atoms with E-state index in [2.05, 4.69) is 11.9 Å². The molecule has 0 fully saturated rings. The Morgan fingerprint density at radius 2 is 1.48 bits per heavy atom. The van der Waals surface area contributed by atoms with Gasteiger partial charge in [0.2, 0.25) is 0 Å². The normalized spacial score (nSPS) is 12.7. The zero-order chi connectivity index (χ0) is 31.2. The minimum Gasteiger partial charge on any atom is -0.443 e. The van der Waals surface area contributed by atoms with E-state index in [0.29, 0.717) is 13.2 Å². The number of carbonyl (C=O) groups is 1. The lowest BCUT2D eigenvalue weighted by atomic mass is 9.92. The topological polar surface area (TPSA) is 125 Å². The van der Waals surface area contributed by atoms with E-state index in [1.165, 1.54) is 5.56 Å². The zero-order valence-corrected chi connectivity index (χ0v) is 23.3. The Labute approximate surface area is 228 Å². The maximum Gasteiger partial charge on any atom is 0.480 e. The fraction of sp³-hybridized carbons (Fsp3) is 0.391. The molecule has 2 aromatic rings. The number of nitrogens with zero attached hydrogens (tertiary/aromatic N) is 2. The van der Waals surface area contributed by atoms with Gasteiger partial charge < -0.3 is 14.2 Å². The van der Waals surface area contributed by atoms with Crippen LogP contribution in [0.2, 0.25) is 0 Å². The van der Waals surface area contributed by atoms with Crippen LogP contribution in [0.25, 0.3) is 9.70 Å². The van der Waals surface area contributed by atoms with Gasteiger partial charge in [-0.15, -0.1) is 0 Å². The summed E-state index contributed by atoms with van der Waals surface area (Å²) in [6.45, 7) is 12.8. The molecule has 0 spiro atoms. The average Bonchev–Trinajstić information content (AvgIpc) is 2.78. The lowest BCUT2D eigenvalue weighted by Gasteiger charge is -2.27. The number of alkyl carbamates (subject to hydrolysis) is 1. The number of hydrogen-bond donors (Lipinski definition) is 1. The molecule has 1 N–H and O–H groups in total. The van der Waals surface area contributed by atoms with Gasteiger partial charge >= 0.3 is 17.1 Å². The molecule has 2 rings (SSSR count). The number of pyridine rings is 1. The molecule has 1 amide bonds. The molecule has 0 atom stereocenters. The number of aryl methyl sites for hydroxylation is 1. The Morgan fingerprint density at radius 3 is 1.93 bits per heavy atom. The van der Waals surface area contributed by atoms with Crippen molar-refractivity contribution in [2.45, 2.75) is 50.8 Å². The van der Waals surface area contributed by atoms with Crippen LogP contribution in [0.1, 0.15) is 37.5 Å². The van der Waals surface area contributed by atoms with E-state index >= 15 is 0 Å². The number of sulfonamides is 2. The molecule has 1 aromatic carbocycles. The third kappa shape index (κ3) is 10.4. The van der Waals surface area contributed by atoms with Gasteiger partial charge in [0.25, 0.3) is 0 Å². The summed E-state index contributed by atoms with van der Waals surface area (Å²) in [6, 6.07) is 12.1. The minimum absolute atomic E-state index is 0.321. The van der Waals surface area contributed by atoms with E-state index in [0.717, 1.165) is 20.8 Å². The molecular weight excluding hydrogens is 592 g/mol. The number of halogens is 6. The molecule has 0 unspecified atom stereocenters. The highest BCUT2D eigenvalue weighted by molar-refractivity contribution is 8.13. The monoisotopic (exact) mass is 619 g/mol. The molecule has 0 aliphatic carbocycles. The number of hydrogen-bond acceptors (Lipinski definition) is 6. The van der Waals surface area contributed by atoms with Crippen LogP contribution in [0, 0.1) is 6.92 Å². The SMILES string of the molecule is C=C(C)c1cccc(C(C)(C)NC(=O)OCC[n+]2ccc(C)cc2)c1.O=S(=O)([N-]S(=O)(=O)C(F)(F)F)C(F)(F)F. The van der Waals surface area contributed by atoms with Crippen LogP contribution in [-0.4, -0.2) is 40.6 Å². The largest absolute Gasteiger partial charge is 0.480 e. The first-order valence-corrected chi connectivity index (χ1v) is 13.9. The van der Waals surface area contributed by atoms with Crippen molar-refractivity contribution in [3.05, 3.63) is 76.2 Å². The molecule has 0 saturated heterocycles. The van der Waals surface area contributed by atoms with Crippen molar-refractivity contribution in [3.8, 4) is 0 Å². The predicted octanol–water partition coefficient (Wildman–Crippen LogP) is 5.04. The van der Waals surface area contributed by atoms with Crippen LogP contribution in [-0.2, 0) is 36.9 Å². The van der Waals surface area contributed by atoms with Gasteiger partial charge in [-0.3, -0.25) is 0 Å². The van der Waals surface area contributed by atoms with Gasteiger partial charge in [0.15, 0.2) is 45.6 Å². The summed E-state index contributed by atoms with van der Waals surface area (Å²) in [5, 5.41) is 2.93. The van der Waals surface area contributed by atoms with Crippen molar-refractivity contribution in [1.82, 2.24) is 5.32 Å². The van der Waals surface area contributed by atoms with Gasteiger partial charge in [-0.05, 0) is 50.5 Å². The first-order chi connectivity index (χ1) is 18.0. The summed E-state index contributed by atoms with van der Waals surface area (Å²) in [4.78, 5) is 12.1. The average molecular weight is 620 g/mol. The Bertz CT molecular complexity index is 1360. The summed E-state index contributed by atoms with van der Waals surface area (Å²) in [5.41, 5.74) is -8.66. The Balaban J connectivity index is 0.000000459. The number of aromatic nitrogens is 1. The number of ether oxygens (including phenoxy) is 1. The second-order valence-corrected chi connectivity index (χ2v) is 12.2. The number of rotatable bonds is 8. The third-order valence-corrected chi connectivity index (χ3v) is 7.65. The van der Waals surface area contributed by atoms with Crippen molar-refractivity contribution in [2.24, 2.45) is 0 Å². The predicted molar refractivity (Wildman–Crippen MR) is 133 cm³/mol. The smallest absolute Gasteiger partial charge is 0.443 e. The van der Waals surface area contributed by atoms with Crippen LogP contribution >= 0.6 is 0 Å². The Kier molecular flexibility index (Phi) is 11.3. The Morgan fingerprint density at radius 1 is 0.975 bits per heavy atom. The molecule has 1 heterocycles. The van der Waals surface area contributed by atoms with Gasteiger partial charge in [-0.2, -0.15) is 26.3 Å². The number of benzene rings is 1. The van der Waals surface area contributed by atoms with Crippen LogP contribution < -0.4 is 9.88 Å². The number of carbonyl (C=O) groups excluding carboxylic acids is 1. The van der Waals surface area contributed by atoms with Crippen LogP contribution in [0.15, 0.2) is 55.4 Å². The maximum absolute atomic E-state index is 12.1. The third-order valence-electron chi connectivity index (χ3n) is 4.91. The number of alkyl halides is 6. The molecule has 224 valence electrons. The van der Waals surface area contributed by atoms with Crippen LogP contribution in [0.4, 0.5) is 31.1 Å². The molecule has 0 aliphatic rings. The van der Waals surface area contributed by atoms with Crippen molar-refractivity contribution in [3.63, 3.8) is 0 Å². The highest BCUT2D eigenvalue weighted by atomic mass is 32.3. The molecule has 0 radical (unpaired) electrons. The fourth-order valence-electron chi connectivity index (χ4n) is 2.68. The molecule has 1 aromatic heterocycles. The Hall–Kier alpha value is -3.18. The van der Waals surface area contributed by atoms with E-state index in [-0.39, 0.29) is 0 Å². The lowest BCUT2D eigenvalue weighted by Crippen LogP contribution is -2.43. The van der Waals surface area contributed by atoms with Crippen molar-refractivity contribution < 1.29 is 57.3 Å². The molecule has 0 saturated carbocycles. The first-order valence-electron chi connectivity index (χ1n) is 11.0. The molecule has 40 heavy (non-hydrogen) atoms. The molecule has 9 nitrogen and oxygen atoms in total. The molecule has 17 heteroatoms. The number of nitrogens with one attached hydrogen (secondary N) is 1. The summed E-state index contributed by atoms with van der Waals surface area (Å²) < 4.78 is 116. The van der Waals surface area contributed by atoms with Gasteiger partial charge in [0.05, 0.1) is 5.54 Å². The van der Waals surface area contributed by atoms with E-state index in [4.69, 9.17) is 4.74 Å². The molecule has 0 bridgehead atoms.